The minimum atomic E-state index is 0.506. The number of nitrogens with one attached hydrogen (secondary N) is 1. The second-order valence-corrected chi connectivity index (χ2v) is 6.71. The molecule has 29 heavy (non-hydrogen) atoms. The standard InChI is InChI=1S/C24H22N4O/c25-17-7-14-24(23(27)15-17)29-20-12-10-19(11-13-20)28-18-8-5-16(6-9-18)21-3-1-2-4-22(21)26/h1-15,28H,25-27H2. The molecule has 0 fully saturated rings. The Balaban J connectivity index is 1.44. The summed E-state index contributed by atoms with van der Waals surface area (Å²) in [5.41, 5.74) is 23.6. The summed E-state index contributed by atoms with van der Waals surface area (Å²) in [5, 5.41) is 3.38. The average molecular weight is 382 g/mol. The minimum absolute atomic E-state index is 0.506. The van der Waals surface area contributed by atoms with Gasteiger partial charge in [-0.25, -0.2) is 0 Å². The fraction of sp³-hybridized carbons (Fsp3) is 0. The van der Waals surface area contributed by atoms with Gasteiger partial charge in [0.15, 0.2) is 0 Å². The summed E-state index contributed by atoms with van der Waals surface area (Å²) in [5.74, 6) is 1.28. The number of rotatable bonds is 5. The Morgan fingerprint density at radius 3 is 1.93 bits per heavy atom. The molecule has 0 aliphatic carbocycles. The first-order chi connectivity index (χ1) is 14.1. The van der Waals surface area contributed by atoms with Gasteiger partial charge < -0.3 is 27.3 Å². The lowest BCUT2D eigenvalue weighted by Gasteiger charge is -2.11. The minimum Gasteiger partial charge on any atom is -0.455 e. The zero-order chi connectivity index (χ0) is 20.2. The predicted molar refractivity (Wildman–Crippen MR) is 121 cm³/mol. The van der Waals surface area contributed by atoms with Crippen LogP contribution in [0.5, 0.6) is 11.5 Å². The highest BCUT2D eigenvalue weighted by Gasteiger charge is 2.04. The van der Waals surface area contributed by atoms with E-state index >= 15 is 0 Å². The summed E-state index contributed by atoms with van der Waals surface area (Å²) in [6, 6.07) is 28.9. The lowest BCUT2D eigenvalue weighted by Crippen LogP contribution is -1.95. The van der Waals surface area contributed by atoms with Gasteiger partial charge in [0.2, 0.25) is 0 Å². The van der Waals surface area contributed by atoms with E-state index in [0.29, 0.717) is 22.9 Å². The molecule has 5 heteroatoms. The fourth-order valence-electron chi connectivity index (χ4n) is 3.05. The van der Waals surface area contributed by atoms with Crippen molar-refractivity contribution in [2.24, 2.45) is 0 Å². The number of hydrogen-bond donors (Lipinski definition) is 4. The van der Waals surface area contributed by atoms with Gasteiger partial charge in [0.1, 0.15) is 11.5 Å². The molecule has 0 unspecified atom stereocenters. The van der Waals surface area contributed by atoms with Crippen molar-refractivity contribution in [1.82, 2.24) is 0 Å². The monoisotopic (exact) mass is 382 g/mol. The highest BCUT2D eigenvalue weighted by Crippen LogP contribution is 2.31. The zero-order valence-electron chi connectivity index (χ0n) is 15.8. The maximum atomic E-state index is 6.06. The Morgan fingerprint density at radius 1 is 0.621 bits per heavy atom. The number of nitrogens with two attached hydrogens (primary N) is 3. The van der Waals surface area contributed by atoms with E-state index in [1.54, 1.807) is 18.2 Å². The summed E-state index contributed by atoms with van der Waals surface area (Å²) >= 11 is 0. The number of benzene rings is 4. The van der Waals surface area contributed by atoms with Crippen molar-refractivity contribution in [3.05, 3.63) is 91.0 Å². The van der Waals surface area contributed by atoms with Crippen LogP contribution in [0.25, 0.3) is 11.1 Å². The van der Waals surface area contributed by atoms with Crippen molar-refractivity contribution in [1.29, 1.82) is 0 Å². The molecule has 4 aromatic rings. The molecule has 4 aromatic carbocycles. The van der Waals surface area contributed by atoms with Gasteiger partial charge in [-0.1, -0.05) is 30.3 Å². The second-order valence-electron chi connectivity index (χ2n) is 6.71. The Labute approximate surface area is 169 Å². The number of anilines is 5. The van der Waals surface area contributed by atoms with Crippen molar-refractivity contribution in [3.8, 4) is 22.6 Å². The van der Waals surface area contributed by atoms with Crippen LogP contribution in [-0.4, -0.2) is 0 Å². The highest BCUT2D eigenvalue weighted by molar-refractivity contribution is 5.77. The molecule has 5 nitrogen and oxygen atoms in total. The van der Waals surface area contributed by atoms with E-state index in [9.17, 15) is 0 Å². The van der Waals surface area contributed by atoms with Gasteiger partial charge in [-0.3, -0.25) is 0 Å². The van der Waals surface area contributed by atoms with Crippen LogP contribution in [0.2, 0.25) is 0 Å². The molecule has 0 atom stereocenters. The van der Waals surface area contributed by atoms with Gasteiger partial charge >= 0.3 is 0 Å². The van der Waals surface area contributed by atoms with E-state index in [-0.39, 0.29) is 0 Å². The molecule has 0 bridgehead atoms. The molecule has 0 radical (unpaired) electrons. The highest BCUT2D eigenvalue weighted by atomic mass is 16.5. The van der Waals surface area contributed by atoms with E-state index in [0.717, 1.165) is 28.2 Å². The van der Waals surface area contributed by atoms with Crippen molar-refractivity contribution >= 4 is 28.4 Å². The first kappa shape index (κ1) is 18.3. The van der Waals surface area contributed by atoms with Crippen LogP contribution >= 0.6 is 0 Å². The molecule has 144 valence electrons. The van der Waals surface area contributed by atoms with Crippen LogP contribution in [0.3, 0.4) is 0 Å². The van der Waals surface area contributed by atoms with Gasteiger partial charge in [0.05, 0.1) is 5.69 Å². The topological polar surface area (TPSA) is 99.3 Å². The maximum absolute atomic E-state index is 6.06. The average Bonchev–Trinajstić information content (AvgIpc) is 2.73. The van der Waals surface area contributed by atoms with Crippen molar-refractivity contribution < 1.29 is 4.74 Å². The summed E-state index contributed by atoms with van der Waals surface area (Å²) in [7, 11) is 0. The third-order valence-electron chi connectivity index (χ3n) is 4.56. The van der Waals surface area contributed by atoms with Crippen LogP contribution in [0, 0.1) is 0 Å². The maximum Gasteiger partial charge on any atom is 0.150 e. The summed E-state index contributed by atoms with van der Waals surface area (Å²) < 4.78 is 5.83. The Kier molecular flexibility index (Phi) is 4.95. The molecule has 4 rings (SSSR count). The van der Waals surface area contributed by atoms with Crippen LogP contribution < -0.4 is 27.3 Å². The van der Waals surface area contributed by atoms with Gasteiger partial charge in [-0.15, -0.1) is 0 Å². The number of ether oxygens (including phenoxy) is 1. The molecule has 0 aliphatic rings. The van der Waals surface area contributed by atoms with E-state index in [2.05, 4.69) is 17.4 Å². The Hall–Kier alpha value is -4.12. The van der Waals surface area contributed by atoms with E-state index in [1.165, 1.54) is 0 Å². The molecular weight excluding hydrogens is 360 g/mol. The molecule has 7 N–H and O–H groups in total. The smallest absolute Gasteiger partial charge is 0.150 e. The van der Waals surface area contributed by atoms with Crippen molar-refractivity contribution in [2.75, 3.05) is 22.5 Å². The van der Waals surface area contributed by atoms with Gasteiger partial charge in [0, 0.05) is 28.3 Å². The summed E-state index contributed by atoms with van der Waals surface area (Å²) in [6.45, 7) is 0. The van der Waals surface area contributed by atoms with Gasteiger partial charge in [0.25, 0.3) is 0 Å². The molecule has 0 heterocycles. The van der Waals surface area contributed by atoms with Crippen LogP contribution in [-0.2, 0) is 0 Å². The SMILES string of the molecule is Nc1ccc(Oc2ccc(Nc3ccc(-c4ccccc4N)cc3)cc2)c(N)c1. The van der Waals surface area contributed by atoms with Crippen LogP contribution in [0.15, 0.2) is 91.0 Å². The molecular formula is C24H22N4O. The number of hydrogen-bond acceptors (Lipinski definition) is 5. The molecule has 0 spiro atoms. The predicted octanol–water partition coefficient (Wildman–Crippen LogP) is 5.64. The van der Waals surface area contributed by atoms with E-state index in [4.69, 9.17) is 21.9 Å². The molecule has 0 saturated heterocycles. The molecule has 0 saturated carbocycles. The number of para-hydroxylation sites is 1. The number of nitrogen functional groups attached to an aromatic ring is 3. The third-order valence-corrected chi connectivity index (χ3v) is 4.56. The summed E-state index contributed by atoms with van der Waals surface area (Å²) in [4.78, 5) is 0. The molecule has 0 amide bonds. The first-order valence-electron chi connectivity index (χ1n) is 9.23. The first-order valence-corrected chi connectivity index (χ1v) is 9.23. The zero-order valence-corrected chi connectivity index (χ0v) is 15.8. The van der Waals surface area contributed by atoms with Crippen LogP contribution in [0.1, 0.15) is 0 Å². The molecule has 0 aromatic heterocycles. The normalized spacial score (nSPS) is 10.5. The fourth-order valence-corrected chi connectivity index (χ4v) is 3.05. The van der Waals surface area contributed by atoms with E-state index in [1.807, 2.05) is 60.7 Å². The van der Waals surface area contributed by atoms with Gasteiger partial charge in [-0.2, -0.15) is 0 Å². The Morgan fingerprint density at radius 2 is 1.28 bits per heavy atom. The largest absolute Gasteiger partial charge is 0.455 e. The van der Waals surface area contributed by atoms with Crippen LogP contribution in [0.4, 0.5) is 28.4 Å². The van der Waals surface area contributed by atoms with Crippen molar-refractivity contribution in [2.45, 2.75) is 0 Å². The lowest BCUT2D eigenvalue weighted by molar-refractivity contribution is 0.485. The van der Waals surface area contributed by atoms with Gasteiger partial charge in [-0.05, 0) is 66.2 Å². The second kappa shape index (κ2) is 7.86. The third kappa shape index (κ3) is 4.25. The lowest BCUT2D eigenvalue weighted by atomic mass is 10.0. The quantitative estimate of drug-likeness (QED) is 0.335. The van der Waals surface area contributed by atoms with Crippen molar-refractivity contribution in [3.63, 3.8) is 0 Å². The van der Waals surface area contributed by atoms with E-state index < -0.39 is 0 Å². The molecule has 0 aliphatic heterocycles. The summed E-state index contributed by atoms with van der Waals surface area (Å²) in [6.07, 6.45) is 0. The Bertz CT molecular complexity index is 1120.